The van der Waals surface area contributed by atoms with Gasteiger partial charge in [0.1, 0.15) is 0 Å². The van der Waals surface area contributed by atoms with Gasteiger partial charge < -0.3 is 4.90 Å². The van der Waals surface area contributed by atoms with Crippen molar-refractivity contribution >= 4 is 9.84 Å². The lowest BCUT2D eigenvalue weighted by molar-refractivity contribution is 0.213. The van der Waals surface area contributed by atoms with Gasteiger partial charge >= 0.3 is 0 Å². The van der Waals surface area contributed by atoms with Gasteiger partial charge in [0, 0.05) is 6.04 Å². The number of rotatable bonds is 3. The van der Waals surface area contributed by atoms with Gasteiger partial charge in [0.25, 0.3) is 0 Å². The van der Waals surface area contributed by atoms with Gasteiger partial charge in [-0.15, -0.1) is 0 Å². The van der Waals surface area contributed by atoms with Gasteiger partial charge in [-0.25, -0.2) is 8.42 Å². The average Bonchev–Trinajstić information content (AvgIpc) is 3.00. The van der Waals surface area contributed by atoms with Crippen molar-refractivity contribution in [1.29, 1.82) is 0 Å². The summed E-state index contributed by atoms with van der Waals surface area (Å²) in [5.41, 5.74) is 0. The van der Waals surface area contributed by atoms with Crippen LogP contribution in [0, 0.1) is 11.8 Å². The maximum Gasteiger partial charge on any atom is 0.183 e. The van der Waals surface area contributed by atoms with Gasteiger partial charge in [-0.2, -0.15) is 0 Å². The van der Waals surface area contributed by atoms with Gasteiger partial charge in [0.05, 0.1) is 10.1 Å². The number of hydrogen-bond donors (Lipinski definition) is 0. The molecule has 3 nitrogen and oxygen atoms in total. The van der Waals surface area contributed by atoms with Gasteiger partial charge in [-0.05, 0) is 57.3 Å². The first-order chi connectivity index (χ1) is 9.01. The second-order valence-electron chi connectivity index (χ2n) is 6.11. The SMILES string of the molecule is CN(C)[C@@H]1[C@@H]2CC[C@@H](C2)[C@H]1S(=O)(=O)c1ccccc1. The van der Waals surface area contributed by atoms with E-state index in [9.17, 15) is 8.42 Å². The van der Waals surface area contributed by atoms with Crippen molar-refractivity contribution in [2.24, 2.45) is 11.8 Å². The van der Waals surface area contributed by atoms with E-state index < -0.39 is 9.84 Å². The van der Waals surface area contributed by atoms with E-state index in [4.69, 9.17) is 0 Å². The summed E-state index contributed by atoms with van der Waals surface area (Å²) in [5.74, 6) is 0.908. The lowest BCUT2D eigenvalue weighted by Gasteiger charge is -2.35. The van der Waals surface area contributed by atoms with Crippen molar-refractivity contribution in [3.8, 4) is 0 Å². The molecule has 0 heterocycles. The molecule has 2 fully saturated rings. The van der Waals surface area contributed by atoms with Crippen LogP contribution in [-0.4, -0.2) is 38.7 Å². The summed E-state index contributed by atoms with van der Waals surface area (Å²) in [6.07, 6.45) is 3.35. The highest BCUT2D eigenvalue weighted by molar-refractivity contribution is 7.92. The fourth-order valence-corrected chi connectivity index (χ4v) is 6.57. The van der Waals surface area contributed by atoms with E-state index in [2.05, 4.69) is 4.90 Å². The van der Waals surface area contributed by atoms with Gasteiger partial charge in [0.2, 0.25) is 0 Å². The zero-order valence-electron chi connectivity index (χ0n) is 11.5. The van der Waals surface area contributed by atoms with Crippen molar-refractivity contribution in [3.05, 3.63) is 30.3 Å². The van der Waals surface area contributed by atoms with Crippen LogP contribution in [0.1, 0.15) is 19.3 Å². The van der Waals surface area contributed by atoms with Crippen LogP contribution < -0.4 is 0 Å². The van der Waals surface area contributed by atoms with Crippen molar-refractivity contribution in [1.82, 2.24) is 4.90 Å². The van der Waals surface area contributed by atoms with Gasteiger partial charge in [0.15, 0.2) is 9.84 Å². The van der Waals surface area contributed by atoms with E-state index in [1.54, 1.807) is 12.1 Å². The molecule has 104 valence electrons. The molecule has 2 aliphatic carbocycles. The number of benzene rings is 1. The lowest BCUT2D eigenvalue weighted by atomic mass is 9.94. The third-order valence-corrected chi connectivity index (χ3v) is 7.13. The van der Waals surface area contributed by atoms with Crippen molar-refractivity contribution in [2.75, 3.05) is 14.1 Å². The highest BCUT2D eigenvalue weighted by Gasteiger charge is 2.54. The minimum Gasteiger partial charge on any atom is -0.305 e. The minimum atomic E-state index is -3.21. The van der Waals surface area contributed by atoms with E-state index >= 15 is 0 Å². The maximum absolute atomic E-state index is 12.9. The Morgan fingerprint density at radius 1 is 1.05 bits per heavy atom. The molecule has 0 unspecified atom stereocenters. The summed E-state index contributed by atoms with van der Waals surface area (Å²) >= 11 is 0. The maximum atomic E-state index is 12.9. The molecule has 2 bridgehead atoms. The molecule has 0 aromatic heterocycles. The summed E-state index contributed by atoms with van der Waals surface area (Å²) in [6.45, 7) is 0. The smallest absolute Gasteiger partial charge is 0.183 e. The topological polar surface area (TPSA) is 37.4 Å². The number of nitrogens with zero attached hydrogens (tertiary/aromatic N) is 1. The van der Waals surface area contributed by atoms with E-state index in [0.717, 1.165) is 12.8 Å². The van der Waals surface area contributed by atoms with E-state index in [1.165, 1.54) is 6.42 Å². The summed E-state index contributed by atoms with van der Waals surface area (Å²) < 4.78 is 25.8. The van der Waals surface area contributed by atoms with Gasteiger partial charge in [-0.3, -0.25) is 0 Å². The largest absolute Gasteiger partial charge is 0.305 e. The van der Waals surface area contributed by atoms with Crippen LogP contribution in [0.15, 0.2) is 35.2 Å². The molecule has 1 aromatic rings. The molecule has 0 amide bonds. The second-order valence-corrected chi connectivity index (χ2v) is 8.22. The molecule has 19 heavy (non-hydrogen) atoms. The molecule has 2 saturated carbocycles. The van der Waals surface area contributed by atoms with Crippen molar-refractivity contribution in [3.63, 3.8) is 0 Å². The first-order valence-corrected chi connectivity index (χ1v) is 8.52. The molecule has 0 saturated heterocycles. The van der Waals surface area contributed by atoms with E-state index in [1.807, 2.05) is 32.3 Å². The average molecular weight is 279 g/mol. The Morgan fingerprint density at radius 3 is 2.32 bits per heavy atom. The summed E-state index contributed by atoms with van der Waals surface area (Å²) in [6, 6.07) is 9.13. The van der Waals surface area contributed by atoms with Crippen LogP contribution in [0.25, 0.3) is 0 Å². The van der Waals surface area contributed by atoms with Crippen LogP contribution in [0.4, 0.5) is 0 Å². The predicted octanol–water partition coefficient (Wildman–Crippen LogP) is 2.19. The highest BCUT2D eigenvalue weighted by atomic mass is 32.2. The van der Waals surface area contributed by atoms with Crippen LogP contribution in [0.5, 0.6) is 0 Å². The lowest BCUT2D eigenvalue weighted by Crippen LogP contribution is -2.47. The normalized spacial score (nSPS) is 34.1. The molecule has 4 heteroatoms. The molecule has 0 radical (unpaired) electrons. The van der Waals surface area contributed by atoms with Crippen LogP contribution in [0.3, 0.4) is 0 Å². The van der Waals surface area contributed by atoms with E-state index in [-0.39, 0.29) is 11.3 Å². The Bertz CT molecular complexity index is 553. The highest BCUT2D eigenvalue weighted by Crippen LogP contribution is 2.50. The van der Waals surface area contributed by atoms with Crippen LogP contribution in [-0.2, 0) is 9.84 Å². The molecule has 4 atom stereocenters. The Hall–Kier alpha value is -0.870. The summed E-state index contributed by atoms with van der Waals surface area (Å²) in [7, 11) is 0.820. The monoisotopic (exact) mass is 279 g/mol. The Labute approximate surface area is 115 Å². The Morgan fingerprint density at radius 2 is 1.68 bits per heavy atom. The number of fused-ring (bicyclic) bond motifs is 2. The molecule has 0 aliphatic heterocycles. The quantitative estimate of drug-likeness (QED) is 0.851. The zero-order chi connectivity index (χ0) is 13.6. The minimum absolute atomic E-state index is 0.184. The predicted molar refractivity (Wildman–Crippen MR) is 75.7 cm³/mol. The molecule has 2 aliphatic rings. The molecule has 0 N–H and O–H groups in total. The standard InChI is InChI=1S/C15H21NO2S/c1-16(2)14-11-8-9-12(10-11)15(14)19(17,18)13-6-4-3-5-7-13/h3-7,11-12,14-15H,8-10H2,1-2H3/t11-,12+,14-,15-/m1/s1. The Balaban J connectivity index is 2.01. The van der Waals surface area contributed by atoms with Crippen LogP contribution >= 0.6 is 0 Å². The molecular formula is C15H21NO2S. The number of hydrogen-bond acceptors (Lipinski definition) is 3. The third kappa shape index (κ3) is 2.01. The fourth-order valence-electron chi connectivity index (χ4n) is 4.13. The zero-order valence-corrected chi connectivity index (χ0v) is 12.3. The van der Waals surface area contributed by atoms with Crippen LogP contribution in [0.2, 0.25) is 0 Å². The number of sulfone groups is 1. The first-order valence-electron chi connectivity index (χ1n) is 6.97. The second kappa shape index (κ2) is 4.60. The molecule has 1 aromatic carbocycles. The van der Waals surface area contributed by atoms with Gasteiger partial charge in [-0.1, -0.05) is 18.2 Å². The molecule has 0 spiro atoms. The molecule has 3 rings (SSSR count). The molecular weight excluding hydrogens is 258 g/mol. The van der Waals surface area contributed by atoms with Crippen molar-refractivity contribution < 1.29 is 8.42 Å². The summed E-state index contributed by atoms with van der Waals surface area (Å²) in [4.78, 5) is 2.61. The summed E-state index contributed by atoms with van der Waals surface area (Å²) in [5, 5.41) is -0.219. The van der Waals surface area contributed by atoms with E-state index in [0.29, 0.717) is 16.7 Å². The van der Waals surface area contributed by atoms with Crippen molar-refractivity contribution in [2.45, 2.75) is 35.4 Å². The third-order valence-electron chi connectivity index (χ3n) is 4.82. The fraction of sp³-hybridized carbons (Fsp3) is 0.600. The Kier molecular flexibility index (Phi) is 3.18. The first kappa shape index (κ1) is 13.1.